The molecule has 2 aliphatic heterocycles. The molecule has 2 rings (SSSR count). The fourth-order valence-electron chi connectivity index (χ4n) is 2.51. The summed E-state index contributed by atoms with van der Waals surface area (Å²) in [5, 5.41) is 14.4. The Labute approximate surface area is 118 Å². The van der Waals surface area contributed by atoms with Crippen molar-refractivity contribution in [1.82, 2.24) is 15.5 Å². The highest BCUT2D eigenvalue weighted by Crippen LogP contribution is 2.18. The summed E-state index contributed by atoms with van der Waals surface area (Å²) in [6.45, 7) is 4.55. The van der Waals surface area contributed by atoms with Crippen molar-refractivity contribution in [1.29, 1.82) is 0 Å². The Kier molecular flexibility index (Phi) is 4.97. The van der Waals surface area contributed by atoms with Crippen LogP contribution in [0.5, 0.6) is 0 Å². The smallest absolute Gasteiger partial charge is 0.337 e. The number of hydrogen-bond donors (Lipinski definition) is 3. The first kappa shape index (κ1) is 14.8. The van der Waals surface area contributed by atoms with Crippen LogP contribution in [-0.4, -0.2) is 61.4 Å². The Morgan fingerprint density at radius 1 is 1.55 bits per heavy atom. The first-order valence-corrected chi connectivity index (χ1v) is 6.91. The van der Waals surface area contributed by atoms with Gasteiger partial charge in [0, 0.05) is 25.4 Å². The Hall–Kier alpha value is -1.60. The molecule has 0 aromatic heterocycles. The van der Waals surface area contributed by atoms with Crippen LogP contribution in [0.25, 0.3) is 0 Å². The van der Waals surface area contributed by atoms with Crippen molar-refractivity contribution >= 4 is 12.0 Å². The fraction of sp³-hybridized carbons (Fsp3) is 0.692. The topological polar surface area (TPSA) is 90.9 Å². The Balaban J connectivity index is 2.07. The minimum atomic E-state index is -0.395. The number of hydrogen-bond acceptors (Lipinski definition) is 5. The van der Waals surface area contributed by atoms with E-state index in [2.05, 4.69) is 15.5 Å². The third kappa shape index (κ3) is 3.49. The number of amides is 2. The fourth-order valence-corrected chi connectivity index (χ4v) is 2.51. The lowest BCUT2D eigenvalue weighted by Crippen LogP contribution is -2.46. The second-order valence-electron chi connectivity index (χ2n) is 5.06. The molecule has 1 saturated heterocycles. The number of aliphatic hydroxyl groups is 1. The van der Waals surface area contributed by atoms with E-state index in [4.69, 9.17) is 9.84 Å². The highest BCUT2D eigenvalue weighted by atomic mass is 16.5. The van der Waals surface area contributed by atoms with Crippen molar-refractivity contribution in [2.45, 2.75) is 13.3 Å². The van der Waals surface area contributed by atoms with Gasteiger partial charge in [-0.05, 0) is 25.8 Å². The summed E-state index contributed by atoms with van der Waals surface area (Å²) in [6.07, 6.45) is 0.935. The van der Waals surface area contributed by atoms with E-state index in [1.165, 1.54) is 0 Å². The molecule has 0 radical (unpaired) electrons. The summed E-state index contributed by atoms with van der Waals surface area (Å²) in [6, 6.07) is -0.300. The van der Waals surface area contributed by atoms with Gasteiger partial charge in [-0.1, -0.05) is 0 Å². The van der Waals surface area contributed by atoms with Crippen LogP contribution in [0.4, 0.5) is 4.79 Å². The lowest BCUT2D eigenvalue weighted by atomic mass is 10.1. The van der Waals surface area contributed by atoms with E-state index in [9.17, 15) is 9.59 Å². The van der Waals surface area contributed by atoms with E-state index in [-0.39, 0.29) is 25.1 Å². The van der Waals surface area contributed by atoms with Crippen LogP contribution in [0.2, 0.25) is 0 Å². The van der Waals surface area contributed by atoms with E-state index < -0.39 is 5.97 Å². The SMILES string of the molecule is CCOC(=O)C1=C(CN2CCC(CO)C2)NC(=O)NC1. The van der Waals surface area contributed by atoms with Crippen molar-refractivity contribution in [3.8, 4) is 0 Å². The number of carbonyl (C=O) groups excluding carboxylic acids is 2. The predicted octanol–water partition coefficient (Wildman–Crippen LogP) is -0.569. The molecule has 2 amide bonds. The molecule has 20 heavy (non-hydrogen) atoms. The third-order valence-electron chi connectivity index (χ3n) is 3.59. The molecule has 3 N–H and O–H groups in total. The molecule has 0 spiro atoms. The lowest BCUT2D eigenvalue weighted by molar-refractivity contribution is -0.138. The van der Waals surface area contributed by atoms with Crippen molar-refractivity contribution in [3.63, 3.8) is 0 Å². The van der Waals surface area contributed by atoms with Crippen molar-refractivity contribution in [3.05, 3.63) is 11.3 Å². The standard InChI is InChI=1S/C13H21N3O4/c1-2-20-12(18)10-5-14-13(19)15-11(10)7-16-4-3-9(6-16)8-17/h9,17H,2-8H2,1H3,(H2,14,15,19). The number of carbonyl (C=O) groups is 2. The predicted molar refractivity (Wildman–Crippen MR) is 71.8 cm³/mol. The molecule has 2 aliphatic rings. The first-order valence-electron chi connectivity index (χ1n) is 6.91. The first-order chi connectivity index (χ1) is 9.63. The Bertz CT molecular complexity index is 422. The molecular weight excluding hydrogens is 262 g/mol. The molecule has 0 bridgehead atoms. The van der Waals surface area contributed by atoms with Crippen LogP contribution in [0.15, 0.2) is 11.3 Å². The van der Waals surface area contributed by atoms with Gasteiger partial charge in [0.15, 0.2) is 0 Å². The molecule has 7 nitrogen and oxygen atoms in total. The maximum atomic E-state index is 11.9. The number of nitrogens with one attached hydrogen (secondary N) is 2. The summed E-state index contributed by atoms with van der Waals surface area (Å²) in [5.74, 6) is -0.119. The van der Waals surface area contributed by atoms with Gasteiger partial charge in [-0.15, -0.1) is 0 Å². The number of esters is 1. The van der Waals surface area contributed by atoms with Crippen molar-refractivity contribution in [2.24, 2.45) is 5.92 Å². The molecule has 1 atom stereocenters. The van der Waals surface area contributed by atoms with Crippen LogP contribution in [0, 0.1) is 5.92 Å². The Morgan fingerprint density at radius 3 is 3.00 bits per heavy atom. The van der Waals surface area contributed by atoms with E-state index in [1.807, 2.05) is 0 Å². The van der Waals surface area contributed by atoms with Gasteiger partial charge in [0.05, 0.1) is 18.7 Å². The molecule has 0 aromatic rings. The monoisotopic (exact) mass is 283 g/mol. The number of nitrogens with zero attached hydrogens (tertiary/aromatic N) is 1. The normalized spacial score (nSPS) is 23.5. The number of aliphatic hydroxyl groups excluding tert-OH is 1. The zero-order valence-electron chi connectivity index (χ0n) is 11.6. The summed E-state index contributed by atoms with van der Waals surface area (Å²) in [7, 11) is 0. The van der Waals surface area contributed by atoms with Gasteiger partial charge >= 0.3 is 12.0 Å². The zero-order chi connectivity index (χ0) is 14.5. The second-order valence-corrected chi connectivity index (χ2v) is 5.06. The Morgan fingerprint density at radius 2 is 2.35 bits per heavy atom. The minimum absolute atomic E-state index is 0.175. The van der Waals surface area contributed by atoms with Gasteiger partial charge in [0.1, 0.15) is 0 Å². The van der Waals surface area contributed by atoms with Crippen molar-refractivity contribution in [2.75, 3.05) is 39.4 Å². The van der Waals surface area contributed by atoms with Crippen LogP contribution in [0.3, 0.4) is 0 Å². The molecule has 1 unspecified atom stereocenters. The van der Waals surface area contributed by atoms with Gasteiger partial charge in [0.25, 0.3) is 0 Å². The highest BCUT2D eigenvalue weighted by Gasteiger charge is 2.28. The largest absolute Gasteiger partial charge is 0.463 e. The minimum Gasteiger partial charge on any atom is -0.463 e. The molecule has 7 heteroatoms. The van der Waals surface area contributed by atoms with Gasteiger partial charge in [-0.25, -0.2) is 9.59 Å². The van der Waals surface area contributed by atoms with Gasteiger partial charge in [-0.3, -0.25) is 4.90 Å². The average Bonchev–Trinajstić information content (AvgIpc) is 2.87. The average molecular weight is 283 g/mol. The molecule has 2 heterocycles. The summed E-state index contributed by atoms with van der Waals surface area (Å²) in [4.78, 5) is 25.4. The molecule has 1 fully saturated rings. The summed E-state index contributed by atoms with van der Waals surface area (Å²) in [5.41, 5.74) is 1.07. The molecule has 0 saturated carbocycles. The van der Waals surface area contributed by atoms with Gasteiger partial charge in [-0.2, -0.15) is 0 Å². The van der Waals surface area contributed by atoms with Crippen LogP contribution >= 0.6 is 0 Å². The highest BCUT2D eigenvalue weighted by molar-refractivity contribution is 5.93. The molecule has 0 aliphatic carbocycles. The number of urea groups is 1. The van der Waals surface area contributed by atoms with Crippen LogP contribution in [0.1, 0.15) is 13.3 Å². The molecular formula is C13H21N3O4. The van der Waals surface area contributed by atoms with Crippen molar-refractivity contribution < 1.29 is 19.4 Å². The molecule has 0 aromatic carbocycles. The van der Waals surface area contributed by atoms with Crippen LogP contribution in [-0.2, 0) is 9.53 Å². The van der Waals surface area contributed by atoms with Gasteiger partial charge < -0.3 is 20.5 Å². The maximum absolute atomic E-state index is 11.9. The van der Waals surface area contributed by atoms with E-state index in [0.29, 0.717) is 24.4 Å². The second kappa shape index (κ2) is 6.71. The van der Waals surface area contributed by atoms with E-state index >= 15 is 0 Å². The quantitative estimate of drug-likeness (QED) is 0.588. The summed E-state index contributed by atoms with van der Waals surface area (Å²) < 4.78 is 5.01. The number of rotatable bonds is 5. The molecule has 112 valence electrons. The third-order valence-corrected chi connectivity index (χ3v) is 3.59. The number of ether oxygens (including phenoxy) is 1. The number of likely N-dealkylation sites (tertiary alicyclic amines) is 1. The van der Waals surface area contributed by atoms with E-state index in [0.717, 1.165) is 19.5 Å². The maximum Gasteiger partial charge on any atom is 0.337 e. The zero-order valence-corrected chi connectivity index (χ0v) is 11.6. The lowest BCUT2D eigenvalue weighted by Gasteiger charge is -2.25. The van der Waals surface area contributed by atoms with E-state index in [1.54, 1.807) is 6.92 Å². The van der Waals surface area contributed by atoms with Gasteiger partial charge in [0.2, 0.25) is 0 Å². The summed E-state index contributed by atoms with van der Waals surface area (Å²) >= 11 is 0. The van der Waals surface area contributed by atoms with Crippen LogP contribution < -0.4 is 10.6 Å².